The molecule has 1 aromatic rings. The second-order valence-corrected chi connectivity index (χ2v) is 8.54. The molecule has 2 rings (SSSR count). The van der Waals surface area contributed by atoms with Crippen LogP contribution in [-0.4, -0.2) is 27.5 Å². The van der Waals surface area contributed by atoms with Crippen molar-refractivity contribution in [3.8, 4) is 0 Å². The summed E-state index contributed by atoms with van der Waals surface area (Å²) >= 11 is 5.99. The normalized spacial score (nSPS) is 31.4. The van der Waals surface area contributed by atoms with Gasteiger partial charge in [-0.2, -0.15) is 23.5 Å². The summed E-state index contributed by atoms with van der Waals surface area (Å²) in [5, 5.41) is 4.24. The number of rotatable bonds is 4. The molecule has 5 heteroatoms. The van der Waals surface area contributed by atoms with Gasteiger partial charge >= 0.3 is 0 Å². The Hall–Kier alpha value is 0.320. The number of hydrogen-bond acceptors (Lipinski definition) is 5. The van der Waals surface area contributed by atoms with E-state index in [0.717, 1.165) is 16.9 Å². The first kappa shape index (κ1) is 13.7. The van der Waals surface area contributed by atoms with Crippen molar-refractivity contribution in [2.75, 3.05) is 5.75 Å². The fraction of sp³-hybridized carbons (Fsp3) is 0.667. The number of thioether (sulfide) groups is 2. The lowest BCUT2D eigenvalue weighted by Gasteiger charge is -2.35. The molecule has 0 amide bonds. The van der Waals surface area contributed by atoms with Crippen molar-refractivity contribution < 1.29 is 0 Å². The number of hydrazine groups is 1. The van der Waals surface area contributed by atoms with E-state index in [2.05, 4.69) is 60.3 Å². The summed E-state index contributed by atoms with van der Waals surface area (Å²) in [6.07, 6.45) is 1.05. The lowest BCUT2D eigenvalue weighted by Crippen LogP contribution is -2.47. The molecular formula is C12H20N2S3. The molecule has 4 unspecified atom stereocenters. The van der Waals surface area contributed by atoms with Gasteiger partial charge in [0.15, 0.2) is 0 Å². The number of thiophene rings is 1. The van der Waals surface area contributed by atoms with E-state index in [1.165, 1.54) is 10.6 Å². The Morgan fingerprint density at radius 3 is 2.88 bits per heavy atom. The Bertz CT molecular complexity index is 329. The number of hydrogen-bond donors (Lipinski definition) is 2. The van der Waals surface area contributed by atoms with Crippen LogP contribution in [0.1, 0.15) is 18.7 Å². The topological polar surface area (TPSA) is 38.0 Å². The van der Waals surface area contributed by atoms with Crippen molar-refractivity contribution in [1.82, 2.24) is 5.43 Å². The Morgan fingerprint density at radius 1 is 1.47 bits per heavy atom. The summed E-state index contributed by atoms with van der Waals surface area (Å²) in [5.74, 6) is 6.94. The van der Waals surface area contributed by atoms with E-state index in [0.29, 0.717) is 11.3 Å². The minimum Gasteiger partial charge on any atom is -0.271 e. The monoisotopic (exact) mass is 288 g/mol. The molecule has 1 aromatic heterocycles. The van der Waals surface area contributed by atoms with Gasteiger partial charge in [0, 0.05) is 32.4 Å². The third-order valence-electron chi connectivity index (χ3n) is 3.24. The maximum Gasteiger partial charge on any atom is 0.0385 e. The zero-order chi connectivity index (χ0) is 12.3. The Kier molecular flexibility index (Phi) is 5.24. The van der Waals surface area contributed by atoms with Crippen molar-refractivity contribution >= 4 is 34.9 Å². The zero-order valence-electron chi connectivity index (χ0n) is 10.3. The van der Waals surface area contributed by atoms with Crippen LogP contribution < -0.4 is 11.3 Å². The lowest BCUT2D eigenvalue weighted by atomic mass is 10.1. The molecule has 0 saturated carbocycles. The summed E-state index contributed by atoms with van der Waals surface area (Å²) in [6.45, 7) is 4.65. The van der Waals surface area contributed by atoms with E-state index < -0.39 is 0 Å². The quantitative estimate of drug-likeness (QED) is 0.660. The molecule has 1 aliphatic heterocycles. The van der Waals surface area contributed by atoms with Gasteiger partial charge in [0.1, 0.15) is 0 Å². The summed E-state index contributed by atoms with van der Waals surface area (Å²) < 4.78 is 0. The van der Waals surface area contributed by atoms with Crippen molar-refractivity contribution in [3.63, 3.8) is 0 Å². The van der Waals surface area contributed by atoms with Gasteiger partial charge in [-0.3, -0.25) is 11.3 Å². The van der Waals surface area contributed by atoms with Crippen LogP contribution in [0.5, 0.6) is 0 Å². The zero-order valence-corrected chi connectivity index (χ0v) is 12.7. The largest absolute Gasteiger partial charge is 0.271 e. The van der Waals surface area contributed by atoms with Crippen LogP contribution in [0.3, 0.4) is 0 Å². The fourth-order valence-corrected chi connectivity index (χ4v) is 5.84. The minimum atomic E-state index is 0.390. The van der Waals surface area contributed by atoms with Crippen molar-refractivity contribution in [2.45, 2.75) is 42.1 Å². The van der Waals surface area contributed by atoms with Gasteiger partial charge in [-0.05, 0) is 17.9 Å². The predicted molar refractivity (Wildman–Crippen MR) is 81.9 cm³/mol. The molecule has 0 aliphatic carbocycles. The highest BCUT2D eigenvalue weighted by Gasteiger charge is 2.30. The molecule has 1 aliphatic rings. The molecule has 96 valence electrons. The Labute approximate surface area is 116 Å². The van der Waals surface area contributed by atoms with Gasteiger partial charge in [0.2, 0.25) is 0 Å². The second-order valence-electron chi connectivity index (χ2n) is 4.47. The van der Waals surface area contributed by atoms with E-state index in [9.17, 15) is 0 Å². The first-order chi connectivity index (χ1) is 8.20. The molecule has 3 N–H and O–H groups in total. The minimum absolute atomic E-state index is 0.390. The molecule has 1 saturated heterocycles. The molecule has 2 heterocycles. The van der Waals surface area contributed by atoms with Gasteiger partial charge < -0.3 is 0 Å². The molecular weight excluding hydrogens is 268 g/mol. The highest BCUT2D eigenvalue weighted by atomic mass is 32.2. The third-order valence-corrected chi connectivity index (χ3v) is 7.69. The summed E-state index contributed by atoms with van der Waals surface area (Å²) in [6, 6.07) is 4.70. The standard InChI is InChI=1S/C12H20N2S3/c1-8-9(2)17-12(7-16-8)11(14-13)6-10-4-3-5-15-10/h3-5,8-9,11-12,14H,6-7,13H2,1-2H3. The SMILES string of the molecule is CC1SCC(C(Cc2cccs2)NN)SC1C. The van der Waals surface area contributed by atoms with Crippen LogP contribution in [0.2, 0.25) is 0 Å². The number of nitrogens with one attached hydrogen (secondary N) is 1. The van der Waals surface area contributed by atoms with Gasteiger partial charge in [-0.1, -0.05) is 19.9 Å². The summed E-state index contributed by atoms with van der Waals surface area (Å²) in [5.41, 5.74) is 3.02. The molecule has 2 nitrogen and oxygen atoms in total. The first-order valence-corrected chi connectivity index (χ1v) is 8.83. The van der Waals surface area contributed by atoms with Gasteiger partial charge in [-0.15, -0.1) is 11.3 Å². The highest BCUT2D eigenvalue weighted by Crippen LogP contribution is 2.37. The first-order valence-electron chi connectivity index (χ1n) is 5.96. The third kappa shape index (κ3) is 3.64. The summed E-state index contributed by atoms with van der Waals surface area (Å²) in [7, 11) is 0. The van der Waals surface area contributed by atoms with Crippen LogP contribution in [0.4, 0.5) is 0 Å². The molecule has 4 atom stereocenters. The maximum atomic E-state index is 5.73. The number of nitrogens with two attached hydrogens (primary N) is 1. The van der Waals surface area contributed by atoms with Crippen molar-refractivity contribution in [3.05, 3.63) is 22.4 Å². The van der Waals surface area contributed by atoms with E-state index in [1.54, 1.807) is 0 Å². The molecule has 0 radical (unpaired) electrons. The average Bonchev–Trinajstić information content (AvgIpc) is 2.82. The Morgan fingerprint density at radius 2 is 2.29 bits per heavy atom. The second kappa shape index (κ2) is 6.48. The summed E-state index contributed by atoms with van der Waals surface area (Å²) in [4.78, 5) is 1.42. The molecule has 0 spiro atoms. The molecule has 0 bridgehead atoms. The average molecular weight is 289 g/mol. The van der Waals surface area contributed by atoms with E-state index in [4.69, 9.17) is 5.84 Å². The maximum absolute atomic E-state index is 5.73. The molecule has 0 aromatic carbocycles. The van der Waals surface area contributed by atoms with Crippen LogP contribution in [-0.2, 0) is 6.42 Å². The van der Waals surface area contributed by atoms with Crippen LogP contribution >= 0.6 is 34.9 Å². The van der Waals surface area contributed by atoms with E-state index >= 15 is 0 Å². The van der Waals surface area contributed by atoms with Crippen molar-refractivity contribution in [1.29, 1.82) is 0 Å². The van der Waals surface area contributed by atoms with Gasteiger partial charge in [0.25, 0.3) is 0 Å². The fourth-order valence-electron chi connectivity index (χ4n) is 1.96. The smallest absolute Gasteiger partial charge is 0.0385 e. The molecule has 1 fully saturated rings. The van der Waals surface area contributed by atoms with Gasteiger partial charge in [-0.25, -0.2) is 0 Å². The van der Waals surface area contributed by atoms with Crippen molar-refractivity contribution in [2.24, 2.45) is 5.84 Å². The van der Waals surface area contributed by atoms with Crippen LogP contribution in [0.25, 0.3) is 0 Å². The van der Waals surface area contributed by atoms with E-state index in [-0.39, 0.29) is 0 Å². The van der Waals surface area contributed by atoms with Gasteiger partial charge in [0.05, 0.1) is 0 Å². The van der Waals surface area contributed by atoms with Crippen LogP contribution in [0, 0.1) is 0 Å². The highest BCUT2D eigenvalue weighted by molar-refractivity contribution is 8.07. The van der Waals surface area contributed by atoms with E-state index in [1.807, 2.05) is 11.3 Å². The Balaban J connectivity index is 1.94. The molecule has 17 heavy (non-hydrogen) atoms. The lowest BCUT2D eigenvalue weighted by molar-refractivity contribution is 0.524. The predicted octanol–water partition coefficient (Wildman–Crippen LogP) is 2.75. The van der Waals surface area contributed by atoms with Crippen LogP contribution in [0.15, 0.2) is 17.5 Å².